The summed E-state index contributed by atoms with van der Waals surface area (Å²) in [5, 5.41) is 34.2. The van der Waals surface area contributed by atoms with Crippen LogP contribution in [0.5, 0.6) is 0 Å². The lowest BCUT2D eigenvalue weighted by molar-refractivity contribution is -0.143. The molecule has 13 heteroatoms. The first-order valence-electron chi connectivity index (χ1n) is 11.9. The summed E-state index contributed by atoms with van der Waals surface area (Å²) in [5.41, 5.74) is 7.53. The number of nitrogens with one attached hydrogen (secondary N) is 5. The molecule has 0 radical (unpaired) electrons. The van der Waals surface area contributed by atoms with Gasteiger partial charge >= 0.3 is 11.9 Å². The molecule has 0 saturated carbocycles. The molecule has 3 aromatic rings. The average Bonchev–Trinajstić information content (AvgIpc) is 3.30. The van der Waals surface area contributed by atoms with E-state index in [1.807, 2.05) is 12.1 Å². The number of hydrogen-bond acceptors (Lipinski definition) is 6. The highest BCUT2D eigenvalue weighted by atomic mass is 16.4. The first-order valence-corrected chi connectivity index (χ1v) is 11.9. The molecule has 0 spiro atoms. The number of carbonyl (C=O) groups is 5. The van der Waals surface area contributed by atoms with Gasteiger partial charge in [-0.3, -0.25) is 24.6 Å². The number of para-hydroxylation sites is 1. The first kappa shape index (κ1) is 28.4. The van der Waals surface area contributed by atoms with Crippen LogP contribution in [0, 0.1) is 5.41 Å². The van der Waals surface area contributed by atoms with E-state index in [-0.39, 0.29) is 30.8 Å². The van der Waals surface area contributed by atoms with Crippen LogP contribution in [0.3, 0.4) is 0 Å². The van der Waals surface area contributed by atoms with Crippen LogP contribution in [0.25, 0.3) is 10.9 Å². The smallest absolute Gasteiger partial charge is 0.326 e. The topological polar surface area (TPSA) is 228 Å². The summed E-state index contributed by atoms with van der Waals surface area (Å²) in [4.78, 5) is 63.7. The molecular formula is C26H28N6O7. The number of benzene rings is 2. The van der Waals surface area contributed by atoms with E-state index in [1.54, 1.807) is 18.3 Å². The molecule has 3 amide bonds. The molecule has 0 aliphatic carbocycles. The maximum Gasteiger partial charge on any atom is 0.326 e. The Bertz CT molecular complexity index is 1400. The number of nitrogen functional groups attached to an aromatic ring is 1. The number of amidine groups is 1. The number of H-pyrrole nitrogens is 1. The lowest BCUT2D eigenvalue weighted by atomic mass is 10.0. The molecule has 204 valence electrons. The second-order valence-electron chi connectivity index (χ2n) is 8.68. The van der Waals surface area contributed by atoms with Gasteiger partial charge in [0.05, 0.1) is 6.42 Å². The van der Waals surface area contributed by atoms with Crippen molar-refractivity contribution in [1.82, 2.24) is 20.9 Å². The van der Waals surface area contributed by atoms with Gasteiger partial charge in [-0.25, -0.2) is 4.79 Å². The number of aromatic amines is 1. The Balaban J connectivity index is 1.57. The second-order valence-corrected chi connectivity index (χ2v) is 8.68. The van der Waals surface area contributed by atoms with Gasteiger partial charge in [-0.15, -0.1) is 0 Å². The zero-order valence-corrected chi connectivity index (χ0v) is 20.7. The van der Waals surface area contributed by atoms with E-state index in [9.17, 15) is 34.2 Å². The number of aliphatic carboxylic acids is 2. The Kier molecular flexibility index (Phi) is 9.35. The predicted molar refractivity (Wildman–Crippen MR) is 140 cm³/mol. The summed E-state index contributed by atoms with van der Waals surface area (Å²) in [7, 11) is 0. The Morgan fingerprint density at radius 2 is 1.59 bits per heavy atom. The summed E-state index contributed by atoms with van der Waals surface area (Å²) in [5.74, 6) is -5.01. The van der Waals surface area contributed by atoms with Gasteiger partial charge in [0.2, 0.25) is 11.8 Å². The fraction of sp³-hybridized carbons (Fsp3) is 0.231. The number of amides is 3. The van der Waals surface area contributed by atoms with E-state index in [0.29, 0.717) is 11.1 Å². The van der Waals surface area contributed by atoms with E-state index in [2.05, 4.69) is 20.9 Å². The summed E-state index contributed by atoms with van der Waals surface area (Å²) >= 11 is 0. The van der Waals surface area contributed by atoms with Gasteiger partial charge in [-0.2, -0.15) is 0 Å². The minimum absolute atomic E-state index is 0.0712. The molecule has 3 rings (SSSR count). The summed E-state index contributed by atoms with van der Waals surface area (Å²) in [6, 6.07) is 10.3. The monoisotopic (exact) mass is 536 g/mol. The van der Waals surface area contributed by atoms with Crippen LogP contribution in [-0.4, -0.2) is 69.3 Å². The van der Waals surface area contributed by atoms with Crippen LogP contribution >= 0.6 is 0 Å². The molecule has 13 nitrogen and oxygen atoms in total. The number of carbonyl (C=O) groups excluding carboxylic acids is 3. The standard InChI is InChI=1S/C26H28N6O7/c27-23(28)14-5-7-15(8-6-14)24(36)29-10-9-21(33)31-19(12-22(34)35)25(37)32-20(26(38)39)11-16-13-30-18-4-2-1-3-17(16)18/h1-8,13,19-20,30H,9-12H2,(H3,27,28)(H,29,36)(H,31,33)(H,32,37)(H,34,35)(H,38,39)/t19-,20-/m0/s1. The Labute approximate surface area is 222 Å². The zero-order valence-electron chi connectivity index (χ0n) is 20.7. The van der Waals surface area contributed by atoms with E-state index >= 15 is 0 Å². The average molecular weight is 537 g/mol. The zero-order chi connectivity index (χ0) is 28.5. The highest BCUT2D eigenvalue weighted by Gasteiger charge is 2.29. The number of nitrogens with two attached hydrogens (primary N) is 1. The molecule has 2 atom stereocenters. The van der Waals surface area contributed by atoms with Crippen LogP contribution in [0.4, 0.5) is 0 Å². The van der Waals surface area contributed by atoms with Gasteiger partial charge in [0, 0.05) is 47.6 Å². The van der Waals surface area contributed by atoms with Crippen LogP contribution in [0.15, 0.2) is 54.7 Å². The number of aromatic nitrogens is 1. The lowest BCUT2D eigenvalue weighted by Gasteiger charge is -2.20. The quantitative estimate of drug-likeness (QED) is 0.112. The summed E-state index contributed by atoms with van der Waals surface area (Å²) in [6.45, 7) is -0.112. The Hall–Kier alpha value is -5.20. The third kappa shape index (κ3) is 7.89. The Morgan fingerprint density at radius 1 is 0.923 bits per heavy atom. The molecule has 0 aliphatic heterocycles. The molecule has 0 fully saturated rings. The predicted octanol–water partition coefficient (Wildman–Crippen LogP) is 0.343. The van der Waals surface area contributed by atoms with E-state index in [4.69, 9.17) is 11.1 Å². The lowest BCUT2D eigenvalue weighted by Crippen LogP contribution is -2.53. The Morgan fingerprint density at radius 3 is 2.23 bits per heavy atom. The normalized spacial score (nSPS) is 12.2. The van der Waals surface area contributed by atoms with Gasteiger partial charge in [-0.05, 0) is 23.8 Å². The van der Waals surface area contributed by atoms with Crippen molar-refractivity contribution in [3.8, 4) is 0 Å². The minimum Gasteiger partial charge on any atom is -0.481 e. The largest absolute Gasteiger partial charge is 0.481 e. The van der Waals surface area contributed by atoms with Crippen molar-refractivity contribution >= 4 is 46.4 Å². The van der Waals surface area contributed by atoms with Crippen LogP contribution in [0.1, 0.15) is 34.3 Å². The highest BCUT2D eigenvalue weighted by Crippen LogP contribution is 2.19. The first-order chi connectivity index (χ1) is 18.5. The van der Waals surface area contributed by atoms with Crippen molar-refractivity contribution in [2.24, 2.45) is 5.73 Å². The molecule has 0 unspecified atom stereocenters. The van der Waals surface area contributed by atoms with Crippen LogP contribution in [-0.2, 0) is 25.6 Å². The number of fused-ring (bicyclic) bond motifs is 1. The maximum atomic E-state index is 12.8. The number of hydrogen-bond donors (Lipinski definition) is 8. The third-order valence-corrected chi connectivity index (χ3v) is 5.84. The minimum atomic E-state index is -1.53. The summed E-state index contributed by atoms with van der Waals surface area (Å²) in [6.07, 6.45) is 0.526. The molecule has 39 heavy (non-hydrogen) atoms. The van der Waals surface area contributed by atoms with Gasteiger partial charge in [0.15, 0.2) is 0 Å². The molecule has 0 aliphatic rings. The fourth-order valence-electron chi connectivity index (χ4n) is 3.84. The molecule has 1 heterocycles. The number of carboxylic acids is 2. The van der Waals surface area contributed by atoms with E-state index in [0.717, 1.165) is 10.9 Å². The molecule has 1 aromatic heterocycles. The third-order valence-electron chi connectivity index (χ3n) is 5.84. The maximum absolute atomic E-state index is 12.8. The van der Waals surface area contributed by atoms with Gasteiger partial charge < -0.3 is 36.9 Å². The van der Waals surface area contributed by atoms with Crippen molar-refractivity contribution < 1.29 is 34.2 Å². The number of rotatable bonds is 13. The SMILES string of the molecule is N=C(N)c1ccc(C(=O)NCCC(=O)N[C@@H](CC(=O)O)C(=O)N[C@@H](Cc2c[nH]c3ccccc23)C(=O)O)cc1. The highest BCUT2D eigenvalue weighted by molar-refractivity contribution is 5.98. The van der Waals surface area contributed by atoms with Gasteiger partial charge in [-0.1, -0.05) is 30.3 Å². The molecule has 0 bridgehead atoms. The van der Waals surface area contributed by atoms with Crippen molar-refractivity contribution in [2.45, 2.75) is 31.3 Å². The molecule has 0 saturated heterocycles. The van der Waals surface area contributed by atoms with Crippen molar-refractivity contribution in [3.63, 3.8) is 0 Å². The molecular weight excluding hydrogens is 508 g/mol. The van der Waals surface area contributed by atoms with Gasteiger partial charge in [0.25, 0.3) is 5.91 Å². The van der Waals surface area contributed by atoms with Gasteiger partial charge in [0.1, 0.15) is 17.9 Å². The molecule has 2 aromatic carbocycles. The van der Waals surface area contributed by atoms with E-state index < -0.39 is 48.2 Å². The van der Waals surface area contributed by atoms with Crippen LogP contribution < -0.4 is 21.7 Å². The van der Waals surface area contributed by atoms with Crippen molar-refractivity contribution in [2.75, 3.05) is 6.54 Å². The molecule has 9 N–H and O–H groups in total. The van der Waals surface area contributed by atoms with Crippen molar-refractivity contribution in [1.29, 1.82) is 5.41 Å². The second kappa shape index (κ2) is 12.9. The summed E-state index contributed by atoms with van der Waals surface area (Å²) < 4.78 is 0. The van der Waals surface area contributed by atoms with Crippen molar-refractivity contribution in [3.05, 3.63) is 71.4 Å². The van der Waals surface area contributed by atoms with E-state index in [1.165, 1.54) is 24.3 Å². The fourth-order valence-corrected chi connectivity index (χ4v) is 3.84. The number of carboxylic acid groups (broad SMARTS) is 2. The van der Waals surface area contributed by atoms with Crippen LogP contribution in [0.2, 0.25) is 0 Å².